The third-order valence-electron chi connectivity index (χ3n) is 3.47. The highest BCUT2D eigenvalue weighted by atomic mass is 35.7. The minimum absolute atomic E-state index is 0.157. The van der Waals surface area contributed by atoms with E-state index in [4.69, 9.17) is 16.4 Å². The molecule has 2 N–H and O–H groups in total. The minimum Gasteiger partial charge on any atom is -0.368 e. The molecule has 1 aliphatic rings. The summed E-state index contributed by atoms with van der Waals surface area (Å²) in [4.78, 5) is 2.63. The van der Waals surface area contributed by atoms with Crippen molar-refractivity contribution < 1.29 is 26.0 Å². The van der Waals surface area contributed by atoms with Crippen LogP contribution in [0.25, 0.3) is 5.69 Å². The van der Waals surface area contributed by atoms with E-state index in [1.54, 1.807) is 0 Å². The molecule has 0 saturated heterocycles. The fourth-order valence-electron chi connectivity index (χ4n) is 2.27. The van der Waals surface area contributed by atoms with E-state index >= 15 is 0 Å². The van der Waals surface area contributed by atoms with Crippen molar-refractivity contribution in [3.8, 4) is 5.69 Å². The van der Waals surface area contributed by atoms with Crippen LogP contribution in [0, 0.1) is 5.82 Å². The molecule has 0 bridgehead atoms. The van der Waals surface area contributed by atoms with E-state index in [0.29, 0.717) is 17.5 Å². The van der Waals surface area contributed by atoms with E-state index < -0.39 is 38.5 Å². The van der Waals surface area contributed by atoms with Crippen molar-refractivity contribution in [1.82, 2.24) is 14.8 Å². The molecule has 1 saturated carbocycles. The van der Waals surface area contributed by atoms with Crippen molar-refractivity contribution in [3.63, 3.8) is 0 Å². The number of hydrogen-bond donors (Lipinski definition) is 1. The van der Waals surface area contributed by atoms with Crippen LogP contribution in [0.3, 0.4) is 0 Å². The molecule has 0 amide bonds. The lowest BCUT2D eigenvalue weighted by atomic mass is 10.1. The number of rotatable bonds is 3. The predicted molar refractivity (Wildman–Crippen MR) is 75.7 cm³/mol. The van der Waals surface area contributed by atoms with E-state index in [1.807, 2.05) is 0 Å². The molecule has 1 aromatic carbocycles. The van der Waals surface area contributed by atoms with Crippen molar-refractivity contribution in [1.29, 1.82) is 0 Å². The second-order valence-electron chi connectivity index (χ2n) is 5.26. The molecule has 24 heavy (non-hydrogen) atoms. The summed E-state index contributed by atoms with van der Waals surface area (Å²) in [5.41, 5.74) is 4.95. The predicted octanol–water partition coefficient (Wildman–Crippen LogP) is 2.81. The molecule has 0 atom stereocenters. The van der Waals surface area contributed by atoms with E-state index in [0.717, 1.165) is 12.1 Å². The van der Waals surface area contributed by atoms with Crippen LogP contribution in [0.15, 0.2) is 17.0 Å². The Kier molecular flexibility index (Phi) is 3.75. The third kappa shape index (κ3) is 3.05. The van der Waals surface area contributed by atoms with E-state index in [2.05, 4.69) is 10.1 Å². The van der Waals surface area contributed by atoms with Gasteiger partial charge in [0.2, 0.25) is 5.95 Å². The number of nitrogens with two attached hydrogens (primary N) is 1. The summed E-state index contributed by atoms with van der Waals surface area (Å²) in [6, 6.07) is 1.74. The maximum atomic E-state index is 14.3. The molecule has 1 aliphatic carbocycles. The minimum atomic E-state index is -4.88. The third-order valence-corrected chi connectivity index (χ3v) is 4.85. The summed E-state index contributed by atoms with van der Waals surface area (Å²) in [6.45, 7) is 0. The summed E-state index contributed by atoms with van der Waals surface area (Å²) in [7, 11) is 1.12. The Bertz CT molecular complexity index is 922. The monoisotopic (exact) mass is 384 g/mol. The lowest BCUT2D eigenvalue weighted by molar-refractivity contribution is -0.144. The Morgan fingerprint density at radius 3 is 2.38 bits per heavy atom. The highest BCUT2D eigenvalue weighted by Gasteiger charge is 2.38. The average molecular weight is 385 g/mol. The summed E-state index contributed by atoms with van der Waals surface area (Å²) < 4.78 is 76.1. The van der Waals surface area contributed by atoms with Gasteiger partial charge >= 0.3 is 6.18 Å². The van der Waals surface area contributed by atoms with Crippen LogP contribution >= 0.6 is 10.7 Å². The van der Waals surface area contributed by atoms with Crippen LogP contribution in [0.1, 0.15) is 30.1 Å². The molecule has 0 aliphatic heterocycles. The van der Waals surface area contributed by atoms with E-state index in [1.165, 1.54) is 0 Å². The van der Waals surface area contributed by atoms with Gasteiger partial charge in [0, 0.05) is 10.7 Å². The van der Waals surface area contributed by atoms with Gasteiger partial charge in [-0.25, -0.2) is 12.8 Å². The number of benzene rings is 1. The van der Waals surface area contributed by atoms with Crippen LogP contribution in [-0.4, -0.2) is 23.2 Å². The number of anilines is 1. The fourth-order valence-corrected chi connectivity index (χ4v) is 3.43. The number of halogens is 5. The lowest BCUT2D eigenvalue weighted by Gasteiger charge is -2.11. The molecule has 6 nitrogen and oxygen atoms in total. The molecule has 0 unspecified atom stereocenters. The van der Waals surface area contributed by atoms with Gasteiger partial charge in [-0.05, 0) is 36.5 Å². The van der Waals surface area contributed by atoms with Gasteiger partial charge in [-0.3, -0.25) is 0 Å². The topological polar surface area (TPSA) is 90.9 Å². The molecular formula is C12H9ClF4N4O2S. The van der Waals surface area contributed by atoms with Gasteiger partial charge in [-0.1, -0.05) is 0 Å². The van der Waals surface area contributed by atoms with Crippen LogP contribution in [0.2, 0.25) is 0 Å². The first-order valence-corrected chi connectivity index (χ1v) is 8.87. The molecule has 12 heteroatoms. The normalized spacial score (nSPS) is 15.7. The molecule has 0 spiro atoms. The second-order valence-corrected chi connectivity index (χ2v) is 7.79. The Labute approximate surface area is 137 Å². The molecule has 1 fully saturated rings. The SMILES string of the molecule is Nc1nc(C(F)(F)F)nn1-c1cc(S(=O)(=O)Cl)c(C2CC2)cc1F. The maximum absolute atomic E-state index is 14.3. The fraction of sp³-hybridized carbons (Fsp3) is 0.333. The number of nitrogen functional groups attached to an aromatic ring is 1. The number of hydrogen-bond acceptors (Lipinski definition) is 5. The largest absolute Gasteiger partial charge is 0.453 e. The number of alkyl halides is 3. The summed E-state index contributed by atoms with van der Waals surface area (Å²) >= 11 is 0. The van der Waals surface area contributed by atoms with Gasteiger partial charge in [0.05, 0.1) is 4.90 Å². The number of nitrogens with zero attached hydrogens (tertiary/aromatic N) is 3. The molecule has 0 radical (unpaired) electrons. The second kappa shape index (κ2) is 5.31. The van der Waals surface area contributed by atoms with Crippen LogP contribution < -0.4 is 5.73 Å². The van der Waals surface area contributed by atoms with Crippen molar-refractivity contribution >= 4 is 25.7 Å². The van der Waals surface area contributed by atoms with E-state index in [9.17, 15) is 26.0 Å². The maximum Gasteiger partial charge on any atom is 0.453 e. The zero-order valence-electron chi connectivity index (χ0n) is 11.7. The van der Waals surface area contributed by atoms with Crippen LogP contribution in [0.4, 0.5) is 23.5 Å². The van der Waals surface area contributed by atoms with Crippen LogP contribution in [-0.2, 0) is 15.2 Å². The van der Waals surface area contributed by atoms with Crippen molar-refractivity contribution in [3.05, 3.63) is 29.3 Å². The lowest BCUT2D eigenvalue weighted by Crippen LogP contribution is -2.10. The van der Waals surface area contributed by atoms with E-state index in [-0.39, 0.29) is 16.4 Å². The van der Waals surface area contributed by atoms with Gasteiger partial charge in [0.25, 0.3) is 14.9 Å². The Hall–Kier alpha value is -1.88. The summed E-state index contributed by atoms with van der Waals surface area (Å²) in [5.74, 6) is -3.44. The molecule has 1 heterocycles. The smallest absolute Gasteiger partial charge is 0.368 e. The van der Waals surface area contributed by atoms with Crippen molar-refractivity contribution in [2.24, 2.45) is 0 Å². The number of aromatic nitrogens is 3. The van der Waals surface area contributed by atoms with Gasteiger partial charge in [0.15, 0.2) is 0 Å². The van der Waals surface area contributed by atoms with Gasteiger partial charge < -0.3 is 5.73 Å². The molecule has 1 aromatic heterocycles. The Morgan fingerprint density at radius 1 is 1.29 bits per heavy atom. The zero-order valence-corrected chi connectivity index (χ0v) is 13.3. The van der Waals surface area contributed by atoms with Crippen molar-refractivity contribution in [2.75, 3.05) is 5.73 Å². The highest BCUT2D eigenvalue weighted by molar-refractivity contribution is 8.13. The quantitative estimate of drug-likeness (QED) is 0.649. The molecular weight excluding hydrogens is 376 g/mol. The highest BCUT2D eigenvalue weighted by Crippen LogP contribution is 2.44. The van der Waals surface area contributed by atoms with Crippen LogP contribution in [0.5, 0.6) is 0 Å². The standard InChI is InChI=1S/C12H9ClF4N4O2S/c13-24(22,23)9-4-8(7(14)3-6(9)5-1-2-5)21-11(18)19-10(20-21)12(15,16)17/h3-5H,1-2H2,(H2,18,19,20). The zero-order chi connectivity index (χ0) is 17.9. The van der Waals surface area contributed by atoms with Gasteiger partial charge in [0.1, 0.15) is 11.5 Å². The first-order chi connectivity index (χ1) is 11.0. The first kappa shape index (κ1) is 17.0. The van der Waals surface area contributed by atoms with Gasteiger partial charge in [-0.2, -0.15) is 22.8 Å². The summed E-state index contributed by atoms with van der Waals surface area (Å²) in [6.07, 6.45) is -3.55. The van der Waals surface area contributed by atoms with Gasteiger partial charge in [-0.15, -0.1) is 5.10 Å². The first-order valence-electron chi connectivity index (χ1n) is 6.56. The van der Waals surface area contributed by atoms with Crippen molar-refractivity contribution in [2.45, 2.75) is 29.8 Å². The average Bonchev–Trinajstić information content (AvgIpc) is 3.19. The Morgan fingerprint density at radius 2 is 1.92 bits per heavy atom. The molecule has 130 valence electrons. The molecule has 2 aromatic rings. The summed E-state index contributed by atoms with van der Waals surface area (Å²) in [5, 5.41) is 3.10. The Balaban J connectivity index is 2.21. The molecule has 3 rings (SSSR count).